The molecule has 1 amide bonds. The molecular weight excluding hydrogens is 308 g/mol. The second-order valence-corrected chi connectivity index (χ2v) is 5.78. The number of nitrogens with one attached hydrogen (secondary N) is 1. The van der Waals surface area contributed by atoms with Crippen LogP contribution in [0.4, 0.5) is 0 Å². The molecule has 0 radical (unpaired) electrons. The van der Waals surface area contributed by atoms with Crippen molar-refractivity contribution in [3.63, 3.8) is 0 Å². The molecule has 5 heteroatoms. The van der Waals surface area contributed by atoms with Gasteiger partial charge in [-0.15, -0.1) is 0 Å². The van der Waals surface area contributed by atoms with Crippen LogP contribution in [0.3, 0.4) is 0 Å². The second kappa shape index (κ2) is 7.50. The molecule has 0 saturated carbocycles. The molecule has 0 bridgehead atoms. The molecule has 4 nitrogen and oxygen atoms in total. The smallest absolute Gasteiger partial charge is 0.252 e. The van der Waals surface area contributed by atoms with Gasteiger partial charge in [0.05, 0.1) is 12.7 Å². The van der Waals surface area contributed by atoms with Crippen LogP contribution in [-0.2, 0) is 0 Å². The summed E-state index contributed by atoms with van der Waals surface area (Å²) < 4.78 is 5.90. The highest BCUT2D eigenvalue weighted by molar-refractivity contribution is 9.10. The molecule has 0 saturated heterocycles. The first kappa shape index (κ1) is 16.0. The Morgan fingerprint density at radius 3 is 2.74 bits per heavy atom. The number of nitrogens with zero attached hydrogens (tertiary/aromatic N) is 1. The fourth-order valence-corrected chi connectivity index (χ4v) is 2.28. The summed E-state index contributed by atoms with van der Waals surface area (Å²) in [5.41, 5.74) is 0.594. The molecule has 0 heterocycles. The first-order valence-electron chi connectivity index (χ1n) is 6.20. The van der Waals surface area contributed by atoms with Gasteiger partial charge in [-0.1, -0.05) is 6.92 Å². The molecular formula is C14H21BrN2O2. The molecule has 0 aromatic heterocycles. The summed E-state index contributed by atoms with van der Waals surface area (Å²) in [6.07, 6.45) is 0. The molecule has 1 atom stereocenters. The third-order valence-electron chi connectivity index (χ3n) is 2.71. The predicted molar refractivity (Wildman–Crippen MR) is 80.7 cm³/mol. The summed E-state index contributed by atoms with van der Waals surface area (Å²) in [5.74, 6) is 0.995. The van der Waals surface area contributed by atoms with Gasteiger partial charge in [-0.2, -0.15) is 0 Å². The van der Waals surface area contributed by atoms with Crippen LogP contribution < -0.4 is 10.1 Å². The van der Waals surface area contributed by atoms with E-state index in [-0.39, 0.29) is 5.91 Å². The Morgan fingerprint density at radius 2 is 2.16 bits per heavy atom. The van der Waals surface area contributed by atoms with Crippen molar-refractivity contribution in [3.05, 3.63) is 28.2 Å². The van der Waals surface area contributed by atoms with Crippen LogP contribution in [0, 0.1) is 5.92 Å². The Labute approximate surface area is 123 Å². The van der Waals surface area contributed by atoms with E-state index in [9.17, 15) is 4.79 Å². The minimum atomic E-state index is -0.0867. The highest BCUT2D eigenvalue weighted by Crippen LogP contribution is 2.22. The second-order valence-electron chi connectivity index (χ2n) is 4.92. The Kier molecular flexibility index (Phi) is 6.31. The van der Waals surface area contributed by atoms with Crippen molar-refractivity contribution in [1.29, 1.82) is 0 Å². The van der Waals surface area contributed by atoms with Crippen molar-refractivity contribution < 1.29 is 9.53 Å². The third-order valence-corrected chi connectivity index (χ3v) is 3.40. The van der Waals surface area contributed by atoms with E-state index in [1.807, 2.05) is 26.2 Å². The van der Waals surface area contributed by atoms with Gasteiger partial charge >= 0.3 is 0 Å². The van der Waals surface area contributed by atoms with Crippen LogP contribution in [0.1, 0.15) is 17.3 Å². The van der Waals surface area contributed by atoms with Gasteiger partial charge in [-0.3, -0.25) is 4.79 Å². The molecule has 1 unspecified atom stereocenters. The third kappa shape index (κ3) is 5.20. The number of benzene rings is 1. The molecule has 0 spiro atoms. The van der Waals surface area contributed by atoms with Crippen LogP contribution in [0.5, 0.6) is 5.75 Å². The van der Waals surface area contributed by atoms with Crippen molar-refractivity contribution in [2.45, 2.75) is 6.92 Å². The van der Waals surface area contributed by atoms with Crippen LogP contribution in [0.25, 0.3) is 0 Å². The van der Waals surface area contributed by atoms with Crippen LogP contribution in [0.15, 0.2) is 22.7 Å². The molecule has 0 aliphatic heterocycles. The Hall–Kier alpha value is -1.07. The molecule has 106 valence electrons. The lowest BCUT2D eigenvalue weighted by Crippen LogP contribution is -2.33. The summed E-state index contributed by atoms with van der Waals surface area (Å²) >= 11 is 3.38. The minimum Gasteiger partial charge on any atom is -0.497 e. The highest BCUT2D eigenvalue weighted by atomic mass is 79.9. The molecule has 1 aromatic carbocycles. The lowest BCUT2D eigenvalue weighted by atomic mass is 10.1. The zero-order valence-corrected chi connectivity index (χ0v) is 13.5. The summed E-state index contributed by atoms with van der Waals surface area (Å²) in [7, 11) is 5.64. The van der Waals surface area contributed by atoms with Gasteiger partial charge < -0.3 is 15.0 Å². The van der Waals surface area contributed by atoms with E-state index in [2.05, 4.69) is 33.1 Å². The molecule has 1 aromatic rings. The van der Waals surface area contributed by atoms with Crippen molar-refractivity contribution in [2.24, 2.45) is 5.92 Å². The summed E-state index contributed by atoms with van der Waals surface area (Å²) in [6, 6.07) is 5.36. The van der Waals surface area contributed by atoms with E-state index >= 15 is 0 Å². The van der Waals surface area contributed by atoms with Crippen molar-refractivity contribution in [2.75, 3.05) is 34.3 Å². The van der Waals surface area contributed by atoms with Crippen molar-refractivity contribution in [1.82, 2.24) is 10.2 Å². The number of ether oxygens (including phenoxy) is 1. The van der Waals surface area contributed by atoms with E-state index in [4.69, 9.17) is 4.74 Å². The maximum atomic E-state index is 12.1. The number of hydrogen-bond acceptors (Lipinski definition) is 3. The van der Waals surface area contributed by atoms with Gasteiger partial charge in [0.25, 0.3) is 5.91 Å². The standard InChI is InChI=1S/C14H21BrN2O2/c1-10(9-17(2)3)8-16-14(18)12-7-11(19-4)5-6-13(12)15/h5-7,10H,8-9H2,1-4H3,(H,16,18). The molecule has 1 N–H and O–H groups in total. The normalized spacial score (nSPS) is 12.3. The lowest BCUT2D eigenvalue weighted by molar-refractivity contribution is 0.0944. The fraction of sp³-hybridized carbons (Fsp3) is 0.500. The van der Waals surface area contributed by atoms with Crippen LogP contribution in [-0.4, -0.2) is 45.1 Å². The molecule has 0 aliphatic carbocycles. The average molecular weight is 329 g/mol. The quantitative estimate of drug-likeness (QED) is 0.871. The topological polar surface area (TPSA) is 41.6 Å². The van der Waals surface area contributed by atoms with Crippen molar-refractivity contribution in [3.8, 4) is 5.75 Å². The molecule has 0 fully saturated rings. The van der Waals surface area contributed by atoms with Crippen LogP contribution in [0.2, 0.25) is 0 Å². The molecule has 0 aliphatic rings. The predicted octanol–water partition coefficient (Wildman–Crippen LogP) is 2.39. The van der Waals surface area contributed by atoms with E-state index < -0.39 is 0 Å². The van der Waals surface area contributed by atoms with Gasteiger partial charge in [0.1, 0.15) is 5.75 Å². The Morgan fingerprint density at radius 1 is 1.47 bits per heavy atom. The summed E-state index contributed by atoms with van der Waals surface area (Å²) in [5, 5.41) is 2.95. The first-order chi connectivity index (χ1) is 8.93. The number of amides is 1. The number of methoxy groups -OCH3 is 1. The highest BCUT2D eigenvalue weighted by Gasteiger charge is 2.12. The largest absolute Gasteiger partial charge is 0.497 e. The maximum absolute atomic E-state index is 12.1. The lowest BCUT2D eigenvalue weighted by Gasteiger charge is -2.17. The number of carbonyl (C=O) groups is 1. The van der Waals surface area contributed by atoms with E-state index in [0.29, 0.717) is 23.8 Å². The Balaban J connectivity index is 2.63. The minimum absolute atomic E-state index is 0.0867. The first-order valence-corrected chi connectivity index (χ1v) is 6.99. The average Bonchev–Trinajstić information content (AvgIpc) is 2.35. The summed E-state index contributed by atoms with van der Waals surface area (Å²) in [6.45, 7) is 3.71. The van der Waals surface area contributed by atoms with Crippen molar-refractivity contribution >= 4 is 21.8 Å². The van der Waals surface area contributed by atoms with Crippen LogP contribution >= 0.6 is 15.9 Å². The number of halogens is 1. The zero-order valence-electron chi connectivity index (χ0n) is 11.9. The number of rotatable bonds is 6. The molecule has 1 rings (SSSR count). The SMILES string of the molecule is COc1ccc(Br)c(C(=O)NCC(C)CN(C)C)c1. The van der Waals surface area contributed by atoms with E-state index in [1.165, 1.54) is 0 Å². The Bertz CT molecular complexity index is 435. The van der Waals surface area contributed by atoms with Gasteiger partial charge in [0.2, 0.25) is 0 Å². The van der Waals surface area contributed by atoms with E-state index in [0.717, 1.165) is 11.0 Å². The molecule has 19 heavy (non-hydrogen) atoms. The van der Waals surface area contributed by atoms with Gasteiger partial charge in [-0.25, -0.2) is 0 Å². The van der Waals surface area contributed by atoms with Gasteiger partial charge in [0, 0.05) is 17.6 Å². The maximum Gasteiger partial charge on any atom is 0.252 e. The summed E-state index contributed by atoms with van der Waals surface area (Å²) in [4.78, 5) is 14.2. The monoisotopic (exact) mass is 328 g/mol. The van der Waals surface area contributed by atoms with E-state index in [1.54, 1.807) is 13.2 Å². The zero-order chi connectivity index (χ0) is 14.4. The fourth-order valence-electron chi connectivity index (χ4n) is 1.86. The van der Waals surface area contributed by atoms with Gasteiger partial charge in [-0.05, 0) is 54.1 Å². The van der Waals surface area contributed by atoms with Gasteiger partial charge in [0.15, 0.2) is 0 Å². The number of hydrogen-bond donors (Lipinski definition) is 1. The number of carbonyl (C=O) groups excluding carboxylic acids is 1.